The number of benzene rings is 2. The lowest BCUT2D eigenvalue weighted by Gasteiger charge is -2.42. The molecule has 0 aromatic heterocycles. The van der Waals surface area contributed by atoms with Crippen molar-refractivity contribution in [1.82, 2.24) is 0 Å². The number of rotatable bonds is 1. The molecule has 0 saturated carbocycles. The van der Waals surface area contributed by atoms with Gasteiger partial charge in [0.2, 0.25) is 0 Å². The highest BCUT2D eigenvalue weighted by atomic mass is 32.1. The van der Waals surface area contributed by atoms with Crippen molar-refractivity contribution in [3.8, 4) is 11.5 Å². The number of phenols is 1. The Bertz CT molecular complexity index is 1190. The molecule has 2 atom stereocenters. The van der Waals surface area contributed by atoms with Crippen molar-refractivity contribution >= 4 is 34.8 Å². The van der Waals surface area contributed by atoms with Crippen LogP contribution in [0.25, 0.3) is 0 Å². The van der Waals surface area contributed by atoms with E-state index in [1.54, 1.807) is 30.3 Å². The molecule has 0 radical (unpaired) electrons. The number of nitrogens with one attached hydrogen (secondary N) is 1. The van der Waals surface area contributed by atoms with E-state index in [1.165, 1.54) is 24.3 Å². The van der Waals surface area contributed by atoms with Gasteiger partial charge in [0, 0.05) is 29.0 Å². The van der Waals surface area contributed by atoms with Crippen molar-refractivity contribution in [1.29, 1.82) is 0 Å². The maximum Gasteiger partial charge on any atom is 0.339 e. The number of phenolic OH excluding ortho intramolecular Hbond substituents is 1. The predicted molar refractivity (Wildman–Crippen MR) is 108 cm³/mol. The molecule has 4 N–H and O–H groups in total. The van der Waals surface area contributed by atoms with E-state index in [9.17, 15) is 14.7 Å². The summed E-state index contributed by atoms with van der Waals surface area (Å²) < 4.78 is 11.9. The van der Waals surface area contributed by atoms with Crippen LogP contribution >= 0.6 is 12.2 Å². The second-order valence-corrected chi connectivity index (χ2v) is 7.38. The van der Waals surface area contributed by atoms with E-state index < -0.39 is 17.5 Å². The van der Waals surface area contributed by atoms with Crippen LogP contribution in [0.3, 0.4) is 0 Å². The fourth-order valence-corrected chi connectivity index (χ4v) is 4.25. The summed E-state index contributed by atoms with van der Waals surface area (Å²) in [7, 11) is 0. The number of esters is 1. The van der Waals surface area contributed by atoms with Gasteiger partial charge in [0.1, 0.15) is 17.3 Å². The minimum Gasteiger partial charge on any atom is -0.508 e. The molecule has 1 spiro atoms. The Labute approximate surface area is 170 Å². The van der Waals surface area contributed by atoms with Crippen LogP contribution < -0.4 is 15.8 Å². The Kier molecular flexibility index (Phi) is 3.56. The number of carbonyl (C=O) groups excluding carboxylic acids is 2. The van der Waals surface area contributed by atoms with Crippen molar-refractivity contribution in [2.75, 3.05) is 5.32 Å². The molecule has 144 valence electrons. The van der Waals surface area contributed by atoms with Crippen molar-refractivity contribution in [2.24, 2.45) is 11.7 Å². The van der Waals surface area contributed by atoms with Gasteiger partial charge >= 0.3 is 5.97 Å². The summed E-state index contributed by atoms with van der Waals surface area (Å²) >= 11 is 4.87. The van der Waals surface area contributed by atoms with Crippen LogP contribution in [-0.4, -0.2) is 22.0 Å². The maximum atomic E-state index is 12.9. The van der Waals surface area contributed by atoms with E-state index in [0.717, 1.165) is 0 Å². The van der Waals surface area contributed by atoms with Crippen molar-refractivity contribution in [2.45, 2.75) is 5.60 Å². The number of ketones is 1. The van der Waals surface area contributed by atoms with Gasteiger partial charge in [-0.25, -0.2) is 4.79 Å². The van der Waals surface area contributed by atoms with Crippen molar-refractivity contribution in [3.05, 3.63) is 77.1 Å². The zero-order valence-electron chi connectivity index (χ0n) is 14.8. The molecule has 3 aliphatic rings. The number of aromatic hydroxyl groups is 1. The molecule has 0 fully saturated rings. The summed E-state index contributed by atoms with van der Waals surface area (Å²) in [6.07, 6.45) is 4.48. The molecule has 2 heterocycles. The summed E-state index contributed by atoms with van der Waals surface area (Å²) in [6, 6.07) is 9.75. The molecule has 2 aromatic rings. The zero-order valence-corrected chi connectivity index (χ0v) is 15.7. The number of nitrogens with two attached hydrogens (primary N) is 1. The van der Waals surface area contributed by atoms with Crippen LogP contribution in [0, 0.1) is 5.92 Å². The summed E-state index contributed by atoms with van der Waals surface area (Å²) in [6.45, 7) is 0. The standard InChI is InChI=1S/C21H14N2O5S/c22-20(29)23-10-1-4-14-13(7-10)19(26)28-21(14)15-5-2-11(24)8-17(15)27-18-9-12(25)3-6-16(18)21/h1-9,15,25H,(H3,22,23,29). The quantitative estimate of drug-likeness (QED) is 0.489. The molecule has 2 aromatic carbocycles. The monoisotopic (exact) mass is 406 g/mol. The largest absolute Gasteiger partial charge is 0.508 e. The lowest BCUT2D eigenvalue weighted by molar-refractivity contribution is -0.110. The van der Waals surface area contributed by atoms with E-state index >= 15 is 0 Å². The van der Waals surface area contributed by atoms with Crippen LogP contribution in [0.4, 0.5) is 5.69 Å². The highest BCUT2D eigenvalue weighted by Crippen LogP contribution is 2.56. The fourth-order valence-electron chi connectivity index (χ4n) is 4.13. The molecule has 2 aliphatic heterocycles. The number of thiocarbonyl (C=S) groups is 1. The topological polar surface area (TPSA) is 111 Å². The Hall–Kier alpha value is -3.65. The lowest BCUT2D eigenvalue weighted by Crippen LogP contribution is -2.42. The average Bonchev–Trinajstić information content (AvgIpc) is 2.93. The number of carbonyl (C=O) groups is 2. The number of ether oxygens (including phenoxy) is 2. The molecule has 1 aliphatic carbocycles. The van der Waals surface area contributed by atoms with Crippen LogP contribution in [0.15, 0.2) is 60.4 Å². The van der Waals surface area contributed by atoms with Gasteiger partial charge in [0.05, 0.1) is 11.5 Å². The summed E-state index contributed by atoms with van der Waals surface area (Å²) in [4.78, 5) is 24.8. The van der Waals surface area contributed by atoms with Gasteiger partial charge in [0.25, 0.3) is 0 Å². The Balaban J connectivity index is 1.77. The average molecular weight is 406 g/mol. The molecule has 0 saturated heterocycles. The molecule has 8 heteroatoms. The van der Waals surface area contributed by atoms with Gasteiger partial charge in [-0.2, -0.15) is 0 Å². The first-order valence-corrected chi connectivity index (χ1v) is 9.19. The SMILES string of the molecule is NC(=S)Nc1ccc2c(c1)C(=O)OC21c2ccc(O)cc2OC2=CC(=O)C=CC21. The van der Waals surface area contributed by atoms with Crippen LogP contribution in [0.5, 0.6) is 11.5 Å². The summed E-state index contributed by atoms with van der Waals surface area (Å²) in [5, 5.41) is 12.8. The van der Waals surface area contributed by atoms with Gasteiger partial charge in [-0.1, -0.05) is 12.1 Å². The van der Waals surface area contributed by atoms with E-state index in [-0.39, 0.29) is 16.6 Å². The minimum atomic E-state index is -1.22. The van der Waals surface area contributed by atoms with Crippen LogP contribution in [0.2, 0.25) is 0 Å². The van der Waals surface area contributed by atoms with E-state index in [4.69, 9.17) is 27.4 Å². The Morgan fingerprint density at radius 2 is 1.97 bits per heavy atom. The molecule has 5 rings (SSSR count). The first kappa shape index (κ1) is 17.4. The zero-order chi connectivity index (χ0) is 20.3. The van der Waals surface area contributed by atoms with Crippen LogP contribution in [-0.2, 0) is 15.1 Å². The number of allylic oxidation sites excluding steroid dienone is 2. The Morgan fingerprint density at radius 3 is 2.76 bits per heavy atom. The summed E-state index contributed by atoms with van der Waals surface area (Å²) in [5.41, 5.74) is 6.44. The first-order valence-electron chi connectivity index (χ1n) is 8.78. The third kappa shape index (κ3) is 2.46. The number of hydrogen-bond acceptors (Lipinski definition) is 6. The molecule has 7 nitrogen and oxygen atoms in total. The number of anilines is 1. The molecule has 0 bridgehead atoms. The van der Waals surface area contributed by atoms with Crippen molar-refractivity contribution < 1.29 is 24.2 Å². The highest BCUT2D eigenvalue weighted by Gasteiger charge is 2.57. The molecular formula is C21H14N2O5S. The van der Waals surface area contributed by atoms with Gasteiger partial charge in [-0.05, 0) is 42.6 Å². The van der Waals surface area contributed by atoms with Gasteiger partial charge < -0.3 is 25.6 Å². The maximum absolute atomic E-state index is 12.9. The summed E-state index contributed by atoms with van der Waals surface area (Å²) in [5.74, 6) is -0.607. The molecular weight excluding hydrogens is 392 g/mol. The molecule has 0 amide bonds. The van der Waals surface area contributed by atoms with Gasteiger partial charge in [-0.15, -0.1) is 0 Å². The highest BCUT2D eigenvalue weighted by molar-refractivity contribution is 7.80. The fraction of sp³-hybridized carbons (Fsp3) is 0.0952. The van der Waals surface area contributed by atoms with E-state index in [2.05, 4.69) is 5.32 Å². The second kappa shape index (κ2) is 5.92. The van der Waals surface area contributed by atoms with E-state index in [1.807, 2.05) is 0 Å². The molecule has 29 heavy (non-hydrogen) atoms. The van der Waals surface area contributed by atoms with Gasteiger partial charge in [-0.3, -0.25) is 4.79 Å². The number of hydrogen-bond donors (Lipinski definition) is 3. The Morgan fingerprint density at radius 1 is 1.17 bits per heavy atom. The third-order valence-corrected chi connectivity index (χ3v) is 5.34. The normalized spacial score (nSPS) is 23.4. The first-order chi connectivity index (χ1) is 13.9. The van der Waals surface area contributed by atoms with Crippen LogP contribution in [0.1, 0.15) is 21.5 Å². The third-order valence-electron chi connectivity index (χ3n) is 5.24. The smallest absolute Gasteiger partial charge is 0.339 e. The second-order valence-electron chi connectivity index (χ2n) is 6.94. The number of fused-ring (bicyclic) bond motifs is 6. The lowest BCUT2D eigenvalue weighted by atomic mass is 9.71. The molecule has 2 unspecified atom stereocenters. The van der Waals surface area contributed by atoms with Gasteiger partial charge in [0.15, 0.2) is 16.5 Å². The minimum absolute atomic E-state index is 0.00354. The van der Waals surface area contributed by atoms with Crippen molar-refractivity contribution in [3.63, 3.8) is 0 Å². The predicted octanol–water partition coefficient (Wildman–Crippen LogP) is 2.49. The van der Waals surface area contributed by atoms with E-state index in [0.29, 0.717) is 33.9 Å².